The molecule has 0 bridgehead atoms. The second-order valence-electron chi connectivity index (χ2n) is 11.3. The van der Waals surface area contributed by atoms with E-state index in [0.29, 0.717) is 0 Å². The molecular weight excluding hydrogens is 583 g/mol. The molecule has 7 aromatic carbocycles. The molecule has 9 rings (SSSR count). The molecule has 212 valence electrons. The molecule has 2 heterocycles. The third kappa shape index (κ3) is 4.35. The molecule has 0 saturated heterocycles. The Balaban J connectivity index is 1.31. The Labute approximate surface area is 269 Å². The molecule has 3 heteroatoms. The molecule has 0 fully saturated rings. The predicted molar refractivity (Wildman–Crippen MR) is 198 cm³/mol. The lowest BCUT2D eigenvalue weighted by atomic mass is 10.0. The number of para-hydroxylation sites is 1. The van der Waals surface area contributed by atoms with Crippen molar-refractivity contribution in [1.82, 2.24) is 0 Å². The Morgan fingerprint density at radius 3 is 1.80 bits per heavy atom. The van der Waals surface area contributed by atoms with E-state index in [-0.39, 0.29) is 0 Å². The molecule has 0 aliphatic heterocycles. The van der Waals surface area contributed by atoms with Gasteiger partial charge < -0.3 is 4.90 Å². The first-order chi connectivity index (χ1) is 22.3. The van der Waals surface area contributed by atoms with Gasteiger partial charge in [0, 0.05) is 46.9 Å². The molecule has 0 spiro atoms. The first-order valence-electron chi connectivity index (χ1n) is 15.2. The quantitative estimate of drug-likeness (QED) is 0.188. The summed E-state index contributed by atoms with van der Waals surface area (Å²) in [6, 6.07) is 59.4. The number of thiophene rings is 2. The molecule has 0 N–H and O–H groups in total. The lowest BCUT2D eigenvalue weighted by Gasteiger charge is -2.28. The second kappa shape index (κ2) is 10.7. The normalized spacial score (nSPS) is 11.6. The Morgan fingerprint density at radius 1 is 0.356 bits per heavy atom. The van der Waals surface area contributed by atoms with Crippen molar-refractivity contribution < 1.29 is 0 Å². The van der Waals surface area contributed by atoms with Crippen molar-refractivity contribution in [1.29, 1.82) is 0 Å². The van der Waals surface area contributed by atoms with Crippen LogP contribution in [0.4, 0.5) is 17.1 Å². The summed E-state index contributed by atoms with van der Waals surface area (Å²) in [5, 5.41) is 5.35. The molecule has 0 atom stereocenters. The van der Waals surface area contributed by atoms with Crippen LogP contribution >= 0.6 is 22.7 Å². The van der Waals surface area contributed by atoms with Gasteiger partial charge in [-0.3, -0.25) is 0 Å². The summed E-state index contributed by atoms with van der Waals surface area (Å²) in [7, 11) is 0. The van der Waals surface area contributed by atoms with Crippen LogP contribution in [0.15, 0.2) is 164 Å². The van der Waals surface area contributed by atoms with Crippen molar-refractivity contribution in [3.8, 4) is 22.3 Å². The van der Waals surface area contributed by atoms with Gasteiger partial charge in [-0.1, -0.05) is 127 Å². The minimum absolute atomic E-state index is 1.13. The predicted octanol–water partition coefficient (Wildman–Crippen LogP) is 13.2. The second-order valence-corrected chi connectivity index (χ2v) is 13.4. The van der Waals surface area contributed by atoms with E-state index >= 15 is 0 Å². The van der Waals surface area contributed by atoms with E-state index in [0.717, 1.165) is 11.4 Å². The molecule has 9 aromatic rings. The van der Waals surface area contributed by atoms with Crippen LogP contribution in [0, 0.1) is 0 Å². The average molecular weight is 610 g/mol. The maximum absolute atomic E-state index is 2.46. The largest absolute Gasteiger partial charge is 0.308 e. The third-order valence-corrected chi connectivity index (χ3v) is 11.1. The van der Waals surface area contributed by atoms with E-state index in [1.165, 1.54) is 68.3 Å². The molecule has 2 aromatic heterocycles. The Bertz CT molecular complexity index is 2470. The molecule has 1 nitrogen and oxygen atoms in total. The highest BCUT2D eigenvalue weighted by molar-refractivity contribution is 7.30. The fraction of sp³-hybridized carbons (Fsp3) is 0. The van der Waals surface area contributed by atoms with Gasteiger partial charge >= 0.3 is 0 Å². The smallest absolute Gasteiger partial charge is 0.0640 e. The van der Waals surface area contributed by atoms with E-state index in [4.69, 9.17) is 0 Å². The zero-order valence-corrected chi connectivity index (χ0v) is 26.0. The van der Waals surface area contributed by atoms with Crippen molar-refractivity contribution in [2.24, 2.45) is 0 Å². The van der Waals surface area contributed by atoms with E-state index in [2.05, 4.69) is 169 Å². The van der Waals surface area contributed by atoms with Crippen molar-refractivity contribution >= 4 is 80.1 Å². The molecule has 45 heavy (non-hydrogen) atoms. The van der Waals surface area contributed by atoms with Crippen LogP contribution in [0.25, 0.3) is 62.6 Å². The fourth-order valence-electron chi connectivity index (χ4n) is 6.60. The van der Waals surface area contributed by atoms with Crippen LogP contribution in [0.1, 0.15) is 0 Å². The first kappa shape index (κ1) is 26.2. The number of hydrogen-bond donors (Lipinski definition) is 0. The highest BCUT2D eigenvalue weighted by atomic mass is 32.1. The zero-order chi connectivity index (χ0) is 29.7. The monoisotopic (exact) mass is 609 g/mol. The van der Waals surface area contributed by atoms with Gasteiger partial charge in [0.25, 0.3) is 0 Å². The van der Waals surface area contributed by atoms with Crippen LogP contribution in [-0.2, 0) is 0 Å². The Kier molecular flexibility index (Phi) is 6.26. The molecular formula is C42H27NS2. The number of anilines is 3. The van der Waals surface area contributed by atoms with Gasteiger partial charge in [0.1, 0.15) is 0 Å². The van der Waals surface area contributed by atoms with Crippen molar-refractivity contribution in [2.75, 3.05) is 4.90 Å². The molecule has 0 aliphatic rings. The van der Waals surface area contributed by atoms with E-state index in [1.807, 2.05) is 22.7 Å². The van der Waals surface area contributed by atoms with E-state index in [1.54, 1.807) is 0 Å². The standard InChI is InChI=1S/C42H27NS2/c1-3-12-28(13-4-1)29-22-24-31(25-23-29)43(36-19-9-7-16-32(36)30-14-5-2-6-15-30)37-20-11-18-33-34-26-27-39-40(42(34)45-41(33)37)35-17-8-10-21-38(35)44-39/h1-27H. The number of hydrogen-bond acceptors (Lipinski definition) is 3. The molecule has 0 aliphatic carbocycles. The Morgan fingerprint density at radius 2 is 0.978 bits per heavy atom. The van der Waals surface area contributed by atoms with Gasteiger partial charge in [0.2, 0.25) is 0 Å². The maximum Gasteiger partial charge on any atom is 0.0640 e. The summed E-state index contributed by atoms with van der Waals surface area (Å²) in [6.07, 6.45) is 0. The van der Waals surface area contributed by atoms with Crippen LogP contribution in [0.2, 0.25) is 0 Å². The van der Waals surface area contributed by atoms with Crippen molar-refractivity contribution in [2.45, 2.75) is 0 Å². The number of fused-ring (bicyclic) bond motifs is 7. The summed E-state index contributed by atoms with van der Waals surface area (Å²) < 4.78 is 5.35. The minimum Gasteiger partial charge on any atom is -0.308 e. The molecule has 0 radical (unpaired) electrons. The number of benzene rings is 7. The highest BCUT2D eigenvalue weighted by Gasteiger charge is 2.22. The first-order valence-corrected chi connectivity index (χ1v) is 16.8. The van der Waals surface area contributed by atoms with Gasteiger partial charge in [-0.05, 0) is 53.1 Å². The summed E-state index contributed by atoms with van der Waals surface area (Å²) >= 11 is 3.81. The van der Waals surface area contributed by atoms with E-state index in [9.17, 15) is 0 Å². The maximum atomic E-state index is 2.46. The van der Waals surface area contributed by atoms with Crippen molar-refractivity contribution in [3.05, 3.63) is 164 Å². The molecule has 0 unspecified atom stereocenters. The lowest BCUT2D eigenvalue weighted by Crippen LogP contribution is -2.11. The van der Waals surface area contributed by atoms with Gasteiger partial charge in [-0.2, -0.15) is 0 Å². The van der Waals surface area contributed by atoms with Gasteiger partial charge in [0.05, 0.1) is 16.1 Å². The average Bonchev–Trinajstić information content (AvgIpc) is 3.69. The SMILES string of the molecule is c1ccc(-c2ccc(N(c3ccccc3-c3ccccc3)c3cccc4c3sc3c4ccc4sc5ccccc5c43)cc2)cc1. The number of rotatable bonds is 5. The summed E-state index contributed by atoms with van der Waals surface area (Å²) in [6.45, 7) is 0. The van der Waals surface area contributed by atoms with Crippen LogP contribution < -0.4 is 4.90 Å². The van der Waals surface area contributed by atoms with Crippen LogP contribution in [-0.4, -0.2) is 0 Å². The zero-order valence-electron chi connectivity index (χ0n) is 24.4. The summed E-state index contributed by atoms with van der Waals surface area (Å²) in [5.74, 6) is 0. The summed E-state index contributed by atoms with van der Waals surface area (Å²) in [5.41, 5.74) is 8.32. The van der Waals surface area contributed by atoms with Gasteiger partial charge in [0.15, 0.2) is 0 Å². The topological polar surface area (TPSA) is 3.24 Å². The van der Waals surface area contributed by atoms with Crippen LogP contribution in [0.5, 0.6) is 0 Å². The lowest BCUT2D eigenvalue weighted by molar-refractivity contribution is 1.30. The highest BCUT2D eigenvalue weighted by Crippen LogP contribution is 2.50. The fourth-order valence-corrected chi connectivity index (χ4v) is 9.14. The van der Waals surface area contributed by atoms with Crippen LogP contribution in [0.3, 0.4) is 0 Å². The minimum atomic E-state index is 1.13. The van der Waals surface area contributed by atoms with Crippen molar-refractivity contribution in [3.63, 3.8) is 0 Å². The Hall–Kier alpha value is -5.22. The van der Waals surface area contributed by atoms with E-state index < -0.39 is 0 Å². The number of nitrogens with zero attached hydrogens (tertiary/aromatic N) is 1. The molecule has 0 saturated carbocycles. The third-order valence-electron chi connectivity index (χ3n) is 8.69. The van der Waals surface area contributed by atoms with Gasteiger partial charge in [-0.15, -0.1) is 22.7 Å². The molecule has 0 amide bonds. The van der Waals surface area contributed by atoms with Gasteiger partial charge in [-0.25, -0.2) is 0 Å². The summed E-state index contributed by atoms with van der Waals surface area (Å²) in [4.78, 5) is 2.46.